The summed E-state index contributed by atoms with van der Waals surface area (Å²) in [5, 5.41) is 0. The van der Waals surface area contributed by atoms with E-state index in [0.29, 0.717) is 11.5 Å². The summed E-state index contributed by atoms with van der Waals surface area (Å²) in [5.74, 6) is 2.63. The predicted octanol–water partition coefficient (Wildman–Crippen LogP) is 2.73. The molecule has 0 radical (unpaired) electrons. The summed E-state index contributed by atoms with van der Waals surface area (Å²) in [6.07, 6.45) is 6.42. The average Bonchev–Trinajstić information content (AvgIpc) is 2.90. The van der Waals surface area contributed by atoms with Crippen LogP contribution < -0.4 is 0 Å². The Morgan fingerprint density at radius 1 is 1.58 bits per heavy atom. The van der Waals surface area contributed by atoms with Crippen LogP contribution in [0.15, 0.2) is 24.5 Å². The largest absolute Gasteiger partial charge is 0.465 e. The van der Waals surface area contributed by atoms with Crippen LogP contribution in [0.4, 0.5) is 0 Å². The SMILES string of the molecule is COC(=O)c1ccn2cc(C3CCCSC3)nc2c1. The highest BCUT2D eigenvalue weighted by Crippen LogP contribution is 2.30. The molecular weight excluding hydrogens is 260 g/mol. The van der Waals surface area contributed by atoms with Gasteiger partial charge in [-0.25, -0.2) is 9.78 Å². The number of hydrogen-bond acceptors (Lipinski definition) is 4. The second-order valence-electron chi connectivity index (χ2n) is 4.75. The molecule has 1 fully saturated rings. The van der Waals surface area contributed by atoms with Gasteiger partial charge in [-0.1, -0.05) is 0 Å². The van der Waals surface area contributed by atoms with Crippen LogP contribution in [0.2, 0.25) is 0 Å². The van der Waals surface area contributed by atoms with E-state index in [4.69, 9.17) is 4.74 Å². The van der Waals surface area contributed by atoms with E-state index in [2.05, 4.69) is 11.2 Å². The molecule has 0 aromatic carbocycles. The van der Waals surface area contributed by atoms with Crippen molar-refractivity contribution in [2.75, 3.05) is 18.6 Å². The van der Waals surface area contributed by atoms with Gasteiger partial charge in [0.15, 0.2) is 0 Å². The van der Waals surface area contributed by atoms with Crippen LogP contribution in [-0.2, 0) is 4.74 Å². The Kier molecular flexibility index (Phi) is 3.46. The summed E-state index contributed by atoms with van der Waals surface area (Å²) < 4.78 is 6.70. The van der Waals surface area contributed by atoms with Gasteiger partial charge in [0.2, 0.25) is 0 Å². The molecule has 1 atom stereocenters. The molecule has 1 unspecified atom stereocenters. The fourth-order valence-electron chi connectivity index (χ4n) is 2.42. The van der Waals surface area contributed by atoms with Crippen LogP contribution in [0.5, 0.6) is 0 Å². The molecule has 1 aliphatic heterocycles. The molecule has 1 saturated heterocycles. The lowest BCUT2D eigenvalue weighted by Gasteiger charge is -2.18. The van der Waals surface area contributed by atoms with E-state index >= 15 is 0 Å². The lowest BCUT2D eigenvalue weighted by molar-refractivity contribution is 0.0600. The molecule has 19 heavy (non-hydrogen) atoms. The van der Waals surface area contributed by atoms with Crippen LogP contribution >= 0.6 is 11.8 Å². The highest BCUT2D eigenvalue weighted by molar-refractivity contribution is 7.99. The van der Waals surface area contributed by atoms with E-state index in [0.717, 1.165) is 17.1 Å². The highest BCUT2D eigenvalue weighted by Gasteiger charge is 2.19. The fraction of sp³-hybridized carbons (Fsp3) is 0.429. The second-order valence-corrected chi connectivity index (χ2v) is 5.90. The number of esters is 1. The molecule has 0 N–H and O–H groups in total. The topological polar surface area (TPSA) is 43.6 Å². The summed E-state index contributed by atoms with van der Waals surface area (Å²) >= 11 is 2.00. The maximum Gasteiger partial charge on any atom is 0.338 e. The van der Waals surface area contributed by atoms with E-state index in [1.807, 2.05) is 22.4 Å². The number of nitrogens with zero attached hydrogens (tertiary/aromatic N) is 2. The summed E-state index contributed by atoms with van der Waals surface area (Å²) in [7, 11) is 1.39. The molecular formula is C14H16N2O2S. The first-order valence-electron chi connectivity index (χ1n) is 6.42. The minimum atomic E-state index is -0.319. The smallest absolute Gasteiger partial charge is 0.338 e. The Morgan fingerprint density at radius 3 is 3.21 bits per heavy atom. The number of hydrogen-bond donors (Lipinski definition) is 0. The normalized spacial score (nSPS) is 19.5. The third-order valence-corrected chi connectivity index (χ3v) is 4.69. The van der Waals surface area contributed by atoms with Crippen molar-refractivity contribution in [2.45, 2.75) is 18.8 Å². The molecule has 0 aliphatic carbocycles. The zero-order chi connectivity index (χ0) is 13.2. The molecule has 2 aromatic heterocycles. The Bertz CT molecular complexity index is 603. The molecule has 0 bridgehead atoms. The average molecular weight is 276 g/mol. The number of fused-ring (bicyclic) bond motifs is 1. The van der Waals surface area contributed by atoms with Gasteiger partial charge in [-0.05, 0) is 30.7 Å². The number of rotatable bonds is 2. The van der Waals surface area contributed by atoms with Crippen LogP contribution in [0, 0.1) is 0 Å². The summed E-state index contributed by atoms with van der Waals surface area (Å²) in [6.45, 7) is 0. The van der Waals surface area contributed by atoms with Crippen molar-refractivity contribution in [3.8, 4) is 0 Å². The van der Waals surface area contributed by atoms with Crippen molar-refractivity contribution < 1.29 is 9.53 Å². The van der Waals surface area contributed by atoms with Gasteiger partial charge >= 0.3 is 5.97 Å². The van der Waals surface area contributed by atoms with Crippen molar-refractivity contribution in [2.24, 2.45) is 0 Å². The molecule has 5 heteroatoms. The highest BCUT2D eigenvalue weighted by atomic mass is 32.2. The maximum atomic E-state index is 11.5. The van der Waals surface area contributed by atoms with Crippen molar-refractivity contribution in [1.29, 1.82) is 0 Å². The summed E-state index contributed by atoms with van der Waals surface area (Å²) in [5.41, 5.74) is 2.49. The third-order valence-electron chi connectivity index (χ3n) is 3.48. The first-order valence-corrected chi connectivity index (χ1v) is 7.58. The van der Waals surface area contributed by atoms with E-state index < -0.39 is 0 Å². The Morgan fingerprint density at radius 2 is 2.47 bits per heavy atom. The van der Waals surface area contributed by atoms with Gasteiger partial charge in [0.1, 0.15) is 5.65 Å². The van der Waals surface area contributed by atoms with Crippen molar-refractivity contribution in [3.05, 3.63) is 35.8 Å². The van der Waals surface area contributed by atoms with Gasteiger partial charge in [-0.3, -0.25) is 0 Å². The van der Waals surface area contributed by atoms with E-state index in [1.165, 1.54) is 25.7 Å². The molecule has 0 spiro atoms. The van der Waals surface area contributed by atoms with Crippen LogP contribution in [0.3, 0.4) is 0 Å². The lowest BCUT2D eigenvalue weighted by Crippen LogP contribution is -2.08. The number of imidazole rings is 1. The number of methoxy groups -OCH3 is 1. The van der Waals surface area contributed by atoms with E-state index in [1.54, 1.807) is 12.1 Å². The molecule has 1 aliphatic rings. The van der Waals surface area contributed by atoms with Gasteiger partial charge in [-0.15, -0.1) is 0 Å². The summed E-state index contributed by atoms with van der Waals surface area (Å²) in [4.78, 5) is 16.2. The second kappa shape index (κ2) is 5.25. The first kappa shape index (κ1) is 12.5. The molecule has 0 saturated carbocycles. The van der Waals surface area contributed by atoms with E-state index in [9.17, 15) is 4.79 Å². The van der Waals surface area contributed by atoms with Crippen LogP contribution in [0.1, 0.15) is 34.8 Å². The number of aromatic nitrogens is 2. The monoisotopic (exact) mass is 276 g/mol. The molecule has 3 rings (SSSR count). The van der Waals surface area contributed by atoms with Crippen molar-refractivity contribution >= 4 is 23.4 Å². The zero-order valence-corrected chi connectivity index (χ0v) is 11.7. The van der Waals surface area contributed by atoms with Crippen LogP contribution in [-0.4, -0.2) is 34.0 Å². The van der Waals surface area contributed by atoms with Gasteiger partial charge in [0.05, 0.1) is 18.4 Å². The minimum Gasteiger partial charge on any atom is -0.465 e. The number of carbonyl (C=O) groups excluding carboxylic acids is 1. The minimum absolute atomic E-state index is 0.319. The number of ether oxygens (including phenoxy) is 1. The zero-order valence-electron chi connectivity index (χ0n) is 10.8. The van der Waals surface area contributed by atoms with Gasteiger partial charge in [0.25, 0.3) is 0 Å². The lowest BCUT2D eigenvalue weighted by atomic mass is 10.0. The molecule has 100 valence electrons. The third kappa shape index (κ3) is 2.47. The predicted molar refractivity (Wildman–Crippen MR) is 75.8 cm³/mol. The van der Waals surface area contributed by atoms with Crippen molar-refractivity contribution in [1.82, 2.24) is 9.38 Å². The molecule has 4 nitrogen and oxygen atoms in total. The van der Waals surface area contributed by atoms with Gasteiger partial charge in [-0.2, -0.15) is 11.8 Å². The van der Waals surface area contributed by atoms with Gasteiger partial charge < -0.3 is 9.14 Å². The summed E-state index contributed by atoms with van der Waals surface area (Å²) in [6, 6.07) is 3.55. The van der Waals surface area contributed by atoms with Gasteiger partial charge in [0, 0.05) is 24.1 Å². The van der Waals surface area contributed by atoms with Crippen LogP contribution in [0.25, 0.3) is 5.65 Å². The number of thioether (sulfide) groups is 1. The molecule has 2 aromatic rings. The van der Waals surface area contributed by atoms with Crippen molar-refractivity contribution in [3.63, 3.8) is 0 Å². The number of pyridine rings is 1. The first-order chi connectivity index (χ1) is 9.28. The molecule has 3 heterocycles. The fourth-order valence-corrected chi connectivity index (χ4v) is 3.58. The Hall–Kier alpha value is -1.49. The molecule has 0 amide bonds. The Labute approximate surface area is 116 Å². The quantitative estimate of drug-likeness (QED) is 0.791. The standard InChI is InChI=1S/C14H16N2O2S/c1-18-14(17)10-4-5-16-8-12(15-13(16)7-10)11-3-2-6-19-9-11/h4-5,7-8,11H,2-3,6,9H2,1H3. The van der Waals surface area contributed by atoms with E-state index in [-0.39, 0.29) is 5.97 Å². The number of carbonyl (C=O) groups is 1. The maximum absolute atomic E-state index is 11.5. The Balaban J connectivity index is 1.93.